The summed E-state index contributed by atoms with van der Waals surface area (Å²) in [5.41, 5.74) is 0. The first kappa shape index (κ1) is 14.5. The smallest absolute Gasteiger partial charge is 0.373 e. The van der Waals surface area contributed by atoms with Gasteiger partial charge in [-0.15, -0.1) is 0 Å². The zero-order chi connectivity index (χ0) is 15.4. The number of hydrogen-bond donors (Lipinski definition) is 1. The van der Waals surface area contributed by atoms with E-state index in [9.17, 15) is 4.79 Å². The van der Waals surface area contributed by atoms with Crippen LogP contribution in [0, 0.1) is 0 Å². The molecule has 116 valence electrons. The van der Waals surface area contributed by atoms with Crippen LogP contribution < -0.4 is 14.8 Å². The van der Waals surface area contributed by atoms with Crippen molar-refractivity contribution >= 4 is 5.97 Å². The second-order valence-electron chi connectivity index (χ2n) is 4.89. The third kappa shape index (κ3) is 3.23. The molecule has 22 heavy (non-hydrogen) atoms. The van der Waals surface area contributed by atoms with Gasteiger partial charge in [-0.05, 0) is 24.3 Å². The minimum Gasteiger partial charge on any atom is -0.486 e. The SMILES string of the molecule is COC(=O)c1ccc(CNC[C@@H]2COc3ccccc3O2)o1. The highest BCUT2D eigenvalue weighted by atomic mass is 16.6. The molecule has 1 aromatic carbocycles. The van der Waals surface area contributed by atoms with Crippen molar-refractivity contribution in [1.29, 1.82) is 0 Å². The number of esters is 1. The van der Waals surface area contributed by atoms with Crippen molar-refractivity contribution in [2.24, 2.45) is 0 Å². The Bertz CT molecular complexity index is 651. The number of fused-ring (bicyclic) bond motifs is 1. The summed E-state index contributed by atoms with van der Waals surface area (Å²) in [4.78, 5) is 11.3. The summed E-state index contributed by atoms with van der Waals surface area (Å²) in [5.74, 6) is 1.91. The first-order valence-corrected chi connectivity index (χ1v) is 7.02. The lowest BCUT2D eigenvalue weighted by Gasteiger charge is -2.26. The van der Waals surface area contributed by atoms with Gasteiger partial charge in [-0.1, -0.05) is 12.1 Å². The molecule has 3 rings (SSSR count). The summed E-state index contributed by atoms with van der Waals surface area (Å²) in [6.07, 6.45) is -0.0649. The summed E-state index contributed by atoms with van der Waals surface area (Å²) >= 11 is 0. The quantitative estimate of drug-likeness (QED) is 0.852. The van der Waals surface area contributed by atoms with Crippen LogP contribution >= 0.6 is 0 Å². The summed E-state index contributed by atoms with van der Waals surface area (Å²) in [6.45, 7) is 1.61. The highest BCUT2D eigenvalue weighted by molar-refractivity contribution is 5.86. The largest absolute Gasteiger partial charge is 0.486 e. The number of methoxy groups -OCH3 is 1. The van der Waals surface area contributed by atoms with E-state index in [0.717, 1.165) is 11.5 Å². The Morgan fingerprint density at radius 2 is 2.09 bits per heavy atom. The minimum atomic E-state index is -0.480. The molecule has 0 fully saturated rings. The molecule has 2 aromatic rings. The van der Waals surface area contributed by atoms with Gasteiger partial charge < -0.3 is 23.9 Å². The lowest BCUT2D eigenvalue weighted by molar-refractivity contribution is 0.0562. The van der Waals surface area contributed by atoms with E-state index in [-0.39, 0.29) is 11.9 Å². The number of ether oxygens (including phenoxy) is 3. The molecule has 0 saturated heterocycles. The summed E-state index contributed by atoms with van der Waals surface area (Å²) < 4.78 is 21.4. The van der Waals surface area contributed by atoms with E-state index in [1.165, 1.54) is 7.11 Å². The van der Waals surface area contributed by atoms with Crippen molar-refractivity contribution in [2.45, 2.75) is 12.6 Å². The number of rotatable bonds is 5. The molecule has 0 spiro atoms. The average Bonchev–Trinajstić information content (AvgIpc) is 3.03. The number of hydrogen-bond acceptors (Lipinski definition) is 6. The molecule has 0 bridgehead atoms. The Balaban J connectivity index is 1.48. The molecule has 1 aromatic heterocycles. The third-order valence-corrected chi connectivity index (χ3v) is 3.29. The van der Waals surface area contributed by atoms with Crippen LogP contribution in [0.25, 0.3) is 0 Å². The number of nitrogens with one attached hydrogen (secondary N) is 1. The standard InChI is InChI=1S/C16H17NO5/c1-19-16(18)15-7-6-11(21-15)8-17-9-12-10-20-13-4-2-3-5-14(13)22-12/h2-7,12,17H,8-10H2,1H3/t12-/m1/s1. The van der Waals surface area contributed by atoms with E-state index < -0.39 is 5.97 Å². The molecule has 1 aliphatic rings. The van der Waals surface area contributed by atoms with Gasteiger partial charge in [-0.25, -0.2) is 4.79 Å². The fraction of sp³-hybridized carbons (Fsp3) is 0.312. The van der Waals surface area contributed by atoms with Crippen molar-refractivity contribution in [3.8, 4) is 11.5 Å². The molecule has 6 nitrogen and oxygen atoms in total. The summed E-state index contributed by atoms with van der Waals surface area (Å²) in [7, 11) is 1.32. The van der Waals surface area contributed by atoms with Gasteiger partial charge in [-0.3, -0.25) is 0 Å². The minimum absolute atomic E-state index is 0.0649. The van der Waals surface area contributed by atoms with Crippen molar-refractivity contribution in [1.82, 2.24) is 5.32 Å². The predicted octanol–water partition coefficient (Wildman–Crippen LogP) is 2.00. The fourth-order valence-electron chi connectivity index (χ4n) is 2.20. The number of benzene rings is 1. The normalized spacial score (nSPS) is 16.3. The number of carbonyl (C=O) groups is 1. The molecule has 2 heterocycles. The molecular weight excluding hydrogens is 286 g/mol. The van der Waals surface area contributed by atoms with Gasteiger partial charge in [-0.2, -0.15) is 0 Å². The van der Waals surface area contributed by atoms with Gasteiger partial charge in [0.2, 0.25) is 5.76 Å². The molecule has 6 heteroatoms. The highest BCUT2D eigenvalue weighted by Crippen LogP contribution is 2.30. The van der Waals surface area contributed by atoms with Gasteiger partial charge in [0.25, 0.3) is 0 Å². The van der Waals surface area contributed by atoms with Crippen LogP contribution in [0.3, 0.4) is 0 Å². The monoisotopic (exact) mass is 303 g/mol. The maximum atomic E-state index is 11.3. The predicted molar refractivity (Wildman–Crippen MR) is 78.1 cm³/mol. The number of furan rings is 1. The van der Waals surface area contributed by atoms with Crippen molar-refractivity contribution < 1.29 is 23.4 Å². The number of carbonyl (C=O) groups excluding carboxylic acids is 1. The van der Waals surface area contributed by atoms with Gasteiger partial charge in [0, 0.05) is 6.54 Å². The molecule has 0 unspecified atom stereocenters. The fourth-order valence-corrected chi connectivity index (χ4v) is 2.20. The topological polar surface area (TPSA) is 69.9 Å². The Morgan fingerprint density at radius 1 is 1.27 bits per heavy atom. The molecular formula is C16H17NO5. The summed E-state index contributed by atoms with van der Waals surface area (Å²) in [5, 5.41) is 3.22. The van der Waals surface area contributed by atoms with Crippen LogP contribution in [0.5, 0.6) is 11.5 Å². The van der Waals surface area contributed by atoms with E-state index in [1.807, 2.05) is 24.3 Å². The Hall–Kier alpha value is -2.47. The van der Waals surface area contributed by atoms with Crippen molar-refractivity contribution in [3.05, 3.63) is 47.9 Å². The van der Waals surface area contributed by atoms with E-state index >= 15 is 0 Å². The van der Waals surface area contributed by atoms with Crippen LogP contribution in [0.4, 0.5) is 0 Å². The average molecular weight is 303 g/mol. The number of para-hydroxylation sites is 2. The van der Waals surface area contributed by atoms with E-state index in [0.29, 0.717) is 25.5 Å². The second-order valence-corrected chi connectivity index (χ2v) is 4.89. The zero-order valence-electron chi connectivity index (χ0n) is 12.2. The second kappa shape index (κ2) is 6.53. The van der Waals surface area contributed by atoms with Crippen molar-refractivity contribution in [2.75, 3.05) is 20.3 Å². The van der Waals surface area contributed by atoms with Gasteiger partial charge >= 0.3 is 5.97 Å². The zero-order valence-corrected chi connectivity index (χ0v) is 12.2. The molecule has 0 amide bonds. The van der Waals surface area contributed by atoms with Crippen LogP contribution in [0.15, 0.2) is 40.8 Å². The van der Waals surface area contributed by atoms with E-state index in [2.05, 4.69) is 10.1 Å². The lowest BCUT2D eigenvalue weighted by atomic mass is 10.2. The van der Waals surface area contributed by atoms with Crippen molar-refractivity contribution in [3.63, 3.8) is 0 Å². The summed E-state index contributed by atoms with van der Waals surface area (Å²) in [6, 6.07) is 10.9. The van der Waals surface area contributed by atoms with Gasteiger partial charge in [0.05, 0.1) is 13.7 Å². The maximum Gasteiger partial charge on any atom is 0.373 e. The Labute approximate surface area is 128 Å². The highest BCUT2D eigenvalue weighted by Gasteiger charge is 2.20. The van der Waals surface area contributed by atoms with Crippen LogP contribution in [-0.4, -0.2) is 32.3 Å². The molecule has 0 aliphatic carbocycles. The van der Waals surface area contributed by atoms with E-state index in [1.54, 1.807) is 12.1 Å². The molecule has 0 saturated carbocycles. The lowest BCUT2D eigenvalue weighted by Crippen LogP contribution is -2.38. The van der Waals surface area contributed by atoms with Gasteiger partial charge in [0.15, 0.2) is 11.5 Å². The molecule has 1 atom stereocenters. The van der Waals surface area contributed by atoms with Crippen LogP contribution in [0.2, 0.25) is 0 Å². The molecule has 1 aliphatic heterocycles. The van der Waals surface area contributed by atoms with Crippen LogP contribution in [0.1, 0.15) is 16.3 Å². The first-order valence-electron chi connectivity index (χ1n) is 7.02. The maximum absolute atomic E-state index is 11.3. The Kier molecular flexibility index (Phi) is 4.29. The first-order chi connectivity index (χ1) is 10.8. The molecule has 1 N–H and O–H groups in total. The molecule has 0 radical (unpaired) electrons. The Morgan fingerprint density at radius 3 is 2.91 bits per heavy atom. The van der Waals surface area contributed by atoms with Gasteiger partial charge in [0.1, 0.15) is 18.5 Å². The third-order valence-electron chi connectivity index (χ3n) is 3.29. The van der Waals surface area contributed by atoms with E-state index in [4.69, 9.17) is 13.9 Å². The van der Waals surface area contributed by atoms with Crippen LogP contribution in [-0.2, 0) is 11.3 Å².